The van der Waals surface area contributed by atoms with Crippen LogP contribution in [0.5, 0.6) is 0 Å². The Morgan fingerprint density at radius 1 is 0.924 bits per heavy atom. The normalized spacial score (nSPS) is 29.5. The Balaban J connectivity index is 2.78. The Morgan fingerprint density at radius 3 is 2.05 bits per heavy atom. The zero-order valence-corrected chi connectivity index (χ0v) is 44.1. The van der Waals surface area contributed by atoms with Gasteiger partial charge in [-0.05, 0) is 78.2 Å². The zero-order chi connectivity index (χ0) is 50.5. The van der Waals surface area contributed by atoms with E-state index in [1.54, 1.807) is 34.9 Å². The number of aliphatic hydroxyl groups excluding tert-OH is 1. The van der Waals surface area contributed by atoms with E-state index in [4.69, 9.17) is 51.8 Å². The van der Waals surface area contributed by atoms with Gasteiger partial charge in [-0.3, -0.25) is 14.4 Å². The number of ether oxygens (including phenoxy) is 10. The van der Waals surface area contributed by atoms with Gasteiger partial charge >= 0.3 is 17.9 Å². The van der Waals surface area contributed by atoms with Gasteiger partial charge in [0.05, 0.1) is 36.9 Å². The molecule has 0 aliphatic carbocycles. The largest absolute Gasteiger partial charge is 0.462 e. The Morgan fingerprint density at radius 2 is 1.55 bits per heavy atom. The lowest BCUT2D eigenvalue weighted by atomic mass is 9.81. The molecule has 0 aromatic heterocycles. The minimum absolute atomic E-state index is 0.0331. The third kappa shape index (κ3) is 16.6. The summed E-state index contributed by atoms with van der Waals surface area (Å²) in [6.07, 6.45) is -9.93. The summed E-state index contributed by atoms with van der Waals surface area (Å²) in [4.78, 5) is 64.7. The first-order chi connectivity index (χ1) is 30.6. The topological polar surface area (TPSA) is 210 Å². The number of likely N-dealkylation sites (N-methyl/N-ethyl adjacent to an activating group) is 1. The molecule has 2 aliphatic rings. The molecule has 2 aliphatic heterocycles. The first-order valence-corrected chi connectivity index (χ1v) is 26.2. The van der Waals surface area contributed by atoms with Gasteiger partial charge in [0, 0.05) is 59.9 Å². The van der Waals surface area contributed by atoms with Crippen LogP contribution in [-0.2, 0) is 75.8 Å². The standard InChI is InChI=1S/C47H85NO17Si/c1-19-36(53)64-47(11)25-39(59-30(5)29(47)4)62-41-31(6)60-45(44(61-32(7)51)40(41)48(12)13)63-42(43(57-16)34(52)24-37(54)58-28(3)20-21-49)33(23-38(55-14)56-15)22-27(2)35(26-50)65-66(17,18)46(8,9)10/h21,26-31,33-35,38-45,52H,19-20,22-25H2,1-18H3/t27-,28-,29?,30?,31?,33-,34-,35+,39?,40?,41?,42+,43?,44?,45?,47?/m1/s1. The Bertz CT molecular complexity index is 1520. The summed E-state index contributed by atoms with van der Waals surface area (Å²) >= 11 is 0. The highest BCUT2D eigenvalue weighted by atomic mass is 28.4. The van der Waals surface area contributed by atoms with Crippen LogP contribution in [0.15, 0.2) is 0 Å². The summed E-state index contributed by atoms with van der Waals surface area (Å²) in [5.41, 5.74) is -0.905. The molecule has 0 radical (unpaired) electrons. The summed E-state index contributed by atoms with van der Waals surface area (Å²) < 4.78 is 68.4. The number of carbonyl (C=O) groups is 5. The van der Waals surface area contributed by atoms with Gasteiger partial charge in [0.25, 0.3) is 0 Å². The van der Waals surface area contributed by atoms with Crippen LogP contribution < -0.4 is 0 Å². The van der Waals surface area contributed by atoms with Gasteiger partial charge in [-0.1, -0.05) is 41.5 Å². The predicted molar refractivity (Wildman–Crippen MR) is 245 cm³/mol. The van der Waals surface area contributed by atoms with Gasteiger partial charge in [0.1, 0.15) is 42.6 Å². The van der Waals surface area contributed by atoms with Crippen molar-refractivity contribution in [1.29, 1.82) is 0 Å². The number of nitrogens with zero attached hydrogens (tertiary/aromatic N) is 1. The quantitative estimate of drug-likeness (QED) is 0.0360. The number of methoxy groups -OCH3 is 3. The van der Waals surface area contributed by atoms with Crippen molar-refractivity contribution < 1.29 is 80.9 Å². The molecule has 0 amide bonds. The number of hydrogen-bond donors (Lipinski definition) is 1. The van der Waals surface area contributed by atoms with Crippen LogP contribution in [-0.4, -0.2) is 170 Å². The monoisotopic (exact) mass is 964 g/mol. The SMILES string of the molecule is CCC(=O)OC1(C)CC(OC2C(C)OC(O[C@H](C(OC)[C@H](O)CC(=O)O[C@H](C)CC=O)[C@@H](CC(OC)OC)C[C@@H](C)[C@H](C=O)O[Si](C)(C)C(C)(C)C)C(OC(C)=O)C2N(C)C)OC(C)C1C. The Hall–Kier alpha value is -2.43. The van der Waals surface area contributed by atoms with E-state index < -0.39 is 118 Å². The van der Waals surface area contributed by atoms with E-state index in [1.165, 1.54) is 28.3 Å². The number of aliphatic hydroxyl groups is 1. The molecule has 2 saturated heterocycles. The molecule has 66 heavy (non-hydrogen) atoms. The first kappa shape index (κ1) is 59.7. The van der Waals surface area contributed by atoms with Crippen LogP contribution in [0.2, 0.25) is 18.1 Å². The highest BCUT2D eigenvalue weighted by Gasteiger charge is 2.54. The van der Waals surface area contributed by atoms with Crippen molar-refractivity contribution in [3.05, 3.63) is 0 Å². The third-order valence-corrected chi connectivity index (χ3v) is 18.2. The summed E-state index contributed by atoms with van der Waals surface area (Å²) in [5, 5.41) is 11.7. The van der Waals surface area contributed by atoms with Crippen LogP contribution in [0.3, 0.4) is 0 Å². The van der Waals surface area contributed by atoms with E-state index in [0.717, 1.165) is 6.29 Å². The van der Waals surface area contributed by atoms with Crippen molar-refractivity contribution in [2.75, 3.05) is 35.4 Å². The summed E-state index contributed by atoms with van der Waals surface area (Å²) in [7, 11) is 5.47. The molecule has 2 fully saturated rings. The molecule has 19 heteroatoms. The maximum Gasteiger partial charge on any atom is 0.308 e. The molecule has 10 unspecified atom stereocenters. The summed E-state index contributed by atoms with van der Waals surface area (Å²) in [6.45, 7) is 24.4. The highest BCUT2D eigenvalue weighted by molar-refractivity contribution is 6.74. The van der Waals surface area contributed by atoms with Crippen molar-refractivity contribution in [3.63, 3.8) is 0 Å². The van der Waals surface area contributed by atoms with E-state index in [2.05, 4.69) is 33.9 Å². The van der Waals surface area contributed by atoms with Crippen molar-refractivity contribution in [1.82, 2.24) is 4.90 Å². The fourth-order valence-corrected chi connectivity index (χ4v) is 9.83. The summed E-state index contributed by atoms with van der Waals surface area (Å²) in [6, 6.07) is -0.730. The van der Waals surface area contributed by atoms with Crippen molar-refractivity contribution in [2.24, 2.45) is 17.8 Å². The molecular formula is C47H85NO17Si. The minimum Gasteiger partial charge on any atom is -0.462 e. The van der Waals surface area contributed by atoms with Gasteiger partial charge in [-0.25, -0.2) is 0 Å². The highest BCUT2D eigenvalue weighted by Crippen LogP contribution is 2.42. The summed E-state index contributed by atoms with van der Waals surface area (Å²) in [5.74, 6) is -3.02. The molecule has 2 heterocycles. The predicted octanol–water partition coefficient (Wildman–Crippen LogP) is 5.37. The Kier molecular flexibility index (Phi) is 24.0. The average molecular weight is 964 g/mol. The molecular weight excluding hydrogens is 879 g/mol. The van der Waals surface area contributed by atoms with Crippen molar-refractivity contribution in [3.8, 4) is 0 Å². The van der Waals surface area contributed by atoms with E-state index in [-0.39, 0.29) is 55.1 Å². The van der Waals surface area contributed by atoms with Crippen LogP contribution in [0.4, 0.5) is 0 Å². The van der Waals surface area contributed by atoms with Gasteiger partial charge in [-0.2, -0.15) is 0 Å². The molecule has 0 bridgehead atoms. The second-order valence-corrected chi connectivity index (χ2v) is 24.9. The number of hydrogen-bond acceptors (Lipinski definition) is 18. The van der Waals surface area contributed by atoms with Crippen molar-refractivity contribution >= 4 is 38.8 Å². The molecule has 18 nitrogen and oxygen atoms in total. The number of carbonyl (C=O) groups excluding carboxylic acids is 5. The Labute approximate surface area is 395 Å². The van der Waals surface area contributed by atoms with Crippen LogP contribution >= 0.6 is 0 Å². The fraction of sp³-hybridized carbons (Fsp3) is 0.894. The van der Waals surface area contributed by atoms with Crippen LogP contribution in [0.1, 0.15) is 115 Å². The third-order valence-electron chi connectivity index (χ3n) is 13.7. The molecule has 16 atom stereocenters. The molecule has 2 rings (SSSR count). The van der Waals surface area contributed by atoms with E-state index in [0.29, 0.717) is 6.29 Å². The maximum absolute atomic E-state index is 13.2. The van der Waals surface area contributed by atoms with Crippen molar-refractivity contribution in [2.45, 2.75) is 218 Å². The molecule has 0 aromatic rings. The first-order valence-electron chi connectivity index (χ1n) is 23.3. The van der Waals surface area contributed by atoms with Crippen LogP contribution in [0.25, 0.3) is 0 Å². The minimum atomic E-state index is -2.46. The lowest BCUT2D eigenvalue weighted by molar-refractivity contribution is -0.342. The lowest BCUT2D eigenvalue weighted by Gasteiger charge is -2.51. The number of esters is 3. The van der Waals surface area contributed by atoms with E-state index in [1.807, 2.05) is 32.6 Å². The van der Waals surface area contributed by atoms with E-state index >= 15 is 0 Å². The number of rotatable bonds is 27. The zero-order valence-electron chi connectivity index (χ0n) is 43.1. The second kappa shape index (κ2) is 26.5. The average Bonchev–Trinajstić information content (AvgIpc) is 3.20. The second-order valence-electron chi connectivity index (χ2n) is 20.1. The van der Waals surface area contributed by atoms with Gasteiger partial charge in [0.2, 0.25) is 0 Å². The van der Waals surface area contributed by atoms with Gasteiger partial charge in [0.15, 0.2) is 33.3 Å². The molecule has 0 saturated carbocycles. The molecule has 1 N–H and O–H groups in total. The smallest absolute Gasteiger partial charge is 0.308 e. The molecule has 0 aromatic carbocycles. The lowest BCUT2D eigenvalue weighted by Crippen LogP contribution is -2.66. The van der Waals surface area contributed by atoms with Gasteiger partial charge < -0.3 is 71.4 Å². The van der Waals surface area contributed by atoms with Gasteiger partial charge in [-0.15, -0.1) is 0 Å². The van der Waals surface area contributed by atoms with E-state index in [9.17, 15) is 29.1 Å². The van der Waals surface area contributed by atoms with Crippen LogP contribution in [0, 0.1) is 17.8 Å². The number of aldehydes is 2. The molecule has 384 valence electrons. The molecule has 0 spiro atoms. The fourth-order valence-electron chi connectivity index (χ4n) is 8.51. The maximum atomic E-state index is 13.2.